The number of allylic oxidation sites excluding steroid dienone is 2. The Morgan fingerprint density at radius 2 is 1.91 bits per heavy atom. The van der Waals surface area contributed by atoms with Crippen LogP contribution in [0.5, 0.6) is 0 Å². The van der Waals surface area contributed by atoms with Gasteiger partial charge in [0.05, 0.1) is 0 Å². The molecule has 0 aromatic rings. The highest BCUT2D eigenvalue weighted by Gasteiger charge is 1.94. The van der Waals surface area contributed by atoms with Crippen LogP contribution in [0.2, 0.25) is 0 Å². The van der Waals surface area contributed by atoms with Crippen molar-refractivity contribution in [3.8, 4) is 0 Å². The van der Waals surface area contributed by atoms with Gasteiger partial charge in [-0.3, -0.25) is 0 Å². The molecule has 2 nitrogen and oxygen atoms in total. The molecule has 0 spiro atoms. The molecular weight excluding hydrogens is 140 g/mol. The van der Waals surface area contributed by atoms with Crippen molar-refractivity contribution in [2.45, 2.75) is 45.3 Å². The summed E-state index contributed by atoms with van der Waals surface area (Å²) >= 11 is 0. The highest BCUT2D eigenvalue weighted by molar-refractivity contribution is 4.79. The van der Waals surface area contributed by atoms with Crippen LogP contribution in [0.1, 0.15) is 39.0 Å². The largest absolute Gasteiger partial charge is 0.368 e. The zero-order valence-electron chi connectivity index (χ0n) is 7.16. The summed E-state index contributed by atoms with van der Waals surface area (Å²) in [6.45, 7) is 2.11. The van der Waals surface area contributed by atoms with Gasteiger partial charge in [0.15, 0.2) is 6.29 Å². The van der Waals surface area contributed by atoms with Gasteiger partial charge in [-0.25, -0.2) is 0 Å². The van der Waals surface area contributed by atoms with Crippen molar-refractivity contribution < 1.29 is 10.2 Å². The van der Waals surface area contributed by atoms with Crippen LogP contribution in [0.15, 0.2) is 12.2 Å². The average Bonchev–Trinajstić information content (AvgIpc) is 1.96. The van der Waals surface area contributed by atoms with E-state index in [9.17, 15) is 0 Å². The molecule has 11 heavy (non-hydrogen) atoms. The van der Waals surface area contributed by atoms with E-state index in [1.165, 1.54) is 0 Å². The second-order valence-corrected chi connectivity index (χ2v) is 2.64. The van der Waals surface area contributed by atoms with Gasteiger partial charge in [-0.2, -0.15) is 0 Å². The van der Waals surface area contributed by atoms with Crippen LogP contribution in [-0.2, 0) is 0 Å². The molecule has 0 heterocycles. The SMILES string of the molecule is CC/C=C\CCCCC(O)O. The molecule has 66 valence electrons. The summed E-state index contributed by atoms with van der Waals surface area (Å²) in [5.74, 6) is 0. The molecule has 0 unspecified atom stereocenters. The first-order valence-electron chi connectivity index (χ1n) is 4.28. The van der Waals surface area contributed by atoms with E-state index in [-0.39, 0.29) is 0 Å². The Morgan fingerprint density at radius 1 is 1.18 bits per heavy atom. The normalized spacial score (nSPS) is 11.6. The van der Waals surface area contributed by atoms with Crippen LogP contribution in [0.25, 0.3) is 0 Å². The molecule has 0 aliphatic carbocycles. The summed E-state index contributed by atoms with van der Waals surface area (Å²) in [5, 5.41) is 17.0. The Kier molecular flexibility index (Phi) is 7.52. The van der Waals surface area contributed by atoms with Crippen molar-refractivity contribution in [2.24, 2.45) is 0 Å². The van der Waals surface area contributed by atoms with Crippen molar-refractivity contribution in [1.29, 1.82) is 0 Å². The molecule has 0 saturated heterocycles. The minimum Gasteiger partial charge on any atom is -0.368 e. The number of aliphatic hydroxyl groups is 2. The molecule has 0 aliphatic heterocycles. The standard InChI is InChI=1S/C9H18O2/c1-2-3-4-5-6-7-8-9(10)11/h3-4,9-11H,2,5-8H2,1H3/b4-3-. The zero-order chi connectivity index (χ0) is 8.53. The van der Waals surface area contributed by atoms with E-state index in [4.69, 9.17) is 10.2 Å². The van der Waals surface area contributed by atoms with Gasteiger partial charge in [0.25, 0.3) is 0 Å². The quantitative estimate of drug-likeness (QED) is 0.351. The Labute approximate surface area is 68.6 Å². The van der Waals surface area contributed by atoms with Crippen LogP contribution in [0, 0.1) is 0 Å². The van der Waals surface area contributed by atoms with E-state index in [2.05, 4.69) is 19.1 Å². The summed E-state index contributed by atoms with van der Waals surface area (Å²) in [4.78, 5) is 0. The molecule has 2 heteroatoms. The van der Waals surface area contributed by atoms with Crippen LogP contribution >= 0.6 is 0 Å². The summed E-state index contributed by atoms with van der Waals surface area (Å²) in [7, 11) is 0. The fourth-order valence-corrected chi connectivity index (χ4v) is 0.874. The minimum absolute atomic E-state index is 0.500. The molecule has 2 N–H and O–H groups in total. The third-order valence-corrected chi connectivity index (χ3v) is 1.49. The van der Waals surface area contributed by atoms with E-state index >= 15 is 0 Å². The molecule has 0 aliphatic rings. The maximum absolute atomic E-state index is 8.49. The van der Waals surface area contributed by atoms with E-state index in [0.29, 0.717) is 6.42 Å². The summed E-state index contributed by atoms with van der Waals surface area (Å²) < 4.78 is 0. The molecule has 0 saturated carbocycles. The Morgan fingerprint density at radius 3 is 2.45 bits per heavy atom. The van der Waals surface area contributed by atoms with Crippen molar-refractivity contribution in [2.75, 3.05) is 0 Å². The fourth-order valence-electron chi connectivity index (χ4n) is 0.874. The molecule has 0 aromatic heterocycles. The maximum Gasteiger partial charge on any atom is 0.151 e. The zero-order valence-corrected chi connectivity index (χ0v) is 7.16. The van der Waals surface area contributed by atoms with Gasteiger partial charge in [-0.15, -0.1) is 0 Å². The van der Waals surface area contributed by atoms with Gasteiger partial charge in [0, 0.05) is 0 Å². The second-order valence-electron chi connectivity index (χ2n) is 2.64. The van der Waals surface area contributed by atoms with Gasteiger partial charge < -0.3 is 10.2 Å². The molecule has 0 atom stereocenters. The van der Waals surface area contributed by atoms with E-state index in [1.807, 2.05) is 0 Å². The number of aliphatic hydroxyl groups excluding tert-OH is 1. The third-order valence-electron chi connectivity index (χ3n) is 1.49. The van der Waals surface area contributed by atoms with E-state index in [1.54, 1.807) is 0 Å². The van der Waals surface area contributed by atoms with Crippen molar-refractivity contribution in [3.63, 3.8) is 0 Å². The van der Waals surface area contributed by atoms with Gasteiger partial charge in [-0.05, 0) is 32.1 Å². The van der Waals surface area contributed by atoms with Gasteiger partial charge >= 0.3 is 0 Å². The van der Waals surface area contributed by atoms with Crippen LogP contribution in [-0.4, -0.2) is 16.5 Å². The molecule has 0 amide bonds. The van der Waals surface area contributed by atoms with Crippen molar-refractivity contribution in [1.82, 2.24) is 0 Å². The first-order chi connectivity index (χ1) is 5.27. The lowest BCUT2D eigenvalue weighted by atomic mass is 10.2. The molecule has 0 fully saturated rings. The highest BCUT2D eigenvalue weighted by Crippen LogP contribution is 2.02. The lowest BCUT2D eigenvalue weighted by molar-refractivity contribution is -0.0464. The van der Waals surface area contributed by atoms with E-state index in [0.717, 1.165) is 25.7 Å². The third kappa shape index (κ3) is 9.66. The predicted molar refractivity (Wildman–Crippen MR) is 46.1 cm³/mol. The number of hydrogen-bond acceptors (Lipinski definition) is 2. The van der Waals surface area contributed by atoms with Crippen LogP contribution < -0.4 is 0 Å². The second kappa shape index (κ2) is 7.76. The van der Waals surface area contributed by atoms with E-state index < -0.39 is 6.29 Å². The topological polar surface area (TPSA) is 40.5 Å². The predicted octanol–water partition coefficient (Wildman–Crippen LogP) is 1.82. The number of hydrogen-bond donors (Lipinski definition) is 2. The average molecular weight is 158 g/mol. The first-order valence-corrected chi connectivity index (χ1v) is 4.28. The van der Waals surface area contributed by atoms with Gasteiger partial charge in [0.1, 0.15) is 0 Å². The summed E-state index contributed by atoms with van der Waals surface area (Å²) in [6, 6.07) is 0. The van der Waals surface area contributed by atoms with Crippen molar-refractivity contribution in [3.05, 3.63) is 12.2 Å². The highest BCUT2D eigenvalue weighted by atomic mass is 16.5. The summed E-state index contributed by atoms with van der Waals surface area (Å²) in [5.41, 5.74) is 0. The van der Waals surface area contributed by atoms with Crippen LogP contribution in [0.3, 0.4) is 0 Å². The summed E-state index contributed by atoms with van der Waals surface area (Å²) in [6.07, 6.45) is 7.74. The Balaban J connectivity index is 2.96. The van der Waals surface area contributed by atoms with Crippen LogP contribution in [0.4, 0.5) is 0 Å². The Bertz CT molecular complexity index is 97.7. The fraction of sp³-hybridized carbons (Fsp3) is 0.778. The van der Waals surface area contributed by atoms with Gasteiger partial charge in [0.2, 0.25) is 0 Å². The number of unbranched alkanes of at least 4 members (excludes halogenated alkanes) is 2. The Hall–Kier alpha value is -0.340. The monoisotopic (exact) mass is 158 g/mol. The van der Waals surface area contributed by atoms with Crippen molar-refractivity contribution >= 4 is 0 Å². The minimum atomic E-state index is -1.12. The number of rotatable bonds is 6. The lowest BCUT2D eigenvalue weighted by Crippen LogP contribution is -2.02. The molecule has 0 aromatic carbocycles. The smallest absolute Gasteiger partial charge is 0.151 e. The molecule has 0 bridgehead atoms. The maximum atomic E-state index is 8.49. The molecule has 0 radical (unpaired) electrons. The molecular formula is C9H18O2. The first kappa shape index (κ1) is 10.7. The van der Waals surface area contributed by atoms with Gasteiger partial charge in [-0.1, -0.05) is 19.1 Å². The molecule has 0 rings (SSSR count). The lowest BCUT2D eigenvalue weighted by Gasteiger charge is -2.00.